The van der Waals surface area contributed by atoms with Crippen molar-refractivity contribution in [1.82, 2.24) is 24.8 Å². The van der Waals surface area contributed by atoms with Gasteiger partial charge in [-0.25, -0.2) is 4.98 Å². The molecule has 134 valence electrons. The smallest absolute Gasteiger partial charge is 0.254 e. The quantitative estimate of drug-likeness (QED) is 0.591. The Morgan fingerprint density at radius 1 is 1.15 bits per heavy atom. The molecule has 6 heteroatoms. The molecule has 0 spiro atoms. The zero-order valence-corrected chi connectivity index (χ0v) is 14.8. The van der Waals surface area contributed by atoms with Crippen LogP contribution in [-0.4, -0.2) is 31.4 Å². The number of H-pyrrole nitrogens is 2. The highest BCUT2D eigenvalue weighted by molar-refractivity contribution is 5.79. The summed E-state index contributed by atoms with van der Waals surface area (Å²) in [4.78, 5) is 30.0. The second-order valence-electron chi connectivity index (χ2n) is 6.91. The van der Waals surface area contributed by atoms with Crippen LogP contribution in [0.1, 0.15) is 16.8 Å². The molecule has 1 aliphatic rings. The van der Waals surface area contributed by atoms with Gasteiger partial charge in [0.2, 0.25) is 0 Å². The van der Waals surface area contributed by atoms with Gasteiger partial charge in [-0.1, -0.05) is 18.2 Å². The highest BCUT2D eigenvalue weighted by atomic mass is 16.1. The van der Waals surface area contributed by atoms with E-state index < -0.39 is 0 Å². The van der Waals surface area contributed by atoms with Crippen LogP contribution in [0.2, 0.25) is 0 Å². The summed E-state index contributed by atoms with van der Waals surface area (Å²) < 4.78 is 0. The molecule has 27 heavy (non-hydrogen) atoms. The van der Waals surface area contributed by atoms with Crippen LogP contribution in [-0.2, 0) is 19.5 Å². The molecular weight excluding hydrogens is 338 g/mol. The lowest BCUT2D eigenvalue weighted by molar-refractivity contribution is 0.240. The molecule has 1 aromatic carbocycles. The maximum atomic E-state index is 12.5. The largest absolute Gasteiger partial charge is 0.361 e. The van der Waals surface area contributed by atoms with E-state index in [0.717, 1.165) is 29.9 Å². The van der Waals surface area contributed by atoms with Crippen molar-refractivity contribution in [2.75, 3.05) is 6.54 Å². The summed E-state index contributed by atoms with van der Waals surface area (Å²) in [6.45, 7) is 2.35. The monoisotopic (exact) mass is 357 g/mol. The second-order valence-corrected chi connectivity index (χ2v) is 6.91. The van der Waals surface area contributed by atoms with Crippen LogP contribution in [0.25, 0.3) is 22.4 Å². The maximum Gasteiger partial charge on any atom is 0.254 e. The lowest BCUT2D eigenvalue weighted by Crippen LogP contribution is -2.35. The molecule has 0 aliphatic carbocycles. The molecule has 2 N–H and O–H groups in total. The van der Waals surface area contributed by atoms with Crippen molar-refractivity contribution in [3.8, 4) is 11.5 Å². The van der Waals surface area contributed by atoms with Crippen molar-refractivity contribution in [3.63, 3.8) is 0 Å². The van der Waals surface area contributed by atoms with E-state index in [9.17, 15) is 4.79 Å². The predicted molar refractivity (Wildman–Crippen MR) is 104 cm³/mol. The number of nitrogens with zero attached hydrogens (tertiary/aromatic N) is 3. The van der Waals surface area contributed by atoms with Gasteiger partial charge in [-0.3, -0.25) is 14.7 Å². The summed E-state index contributed by atoms with van der Waals surface area (Å²) in [7, 11) is 0. The minimum atomic E-state index is -0.0480. The summed E-state index contributed by atoms with van der Waals surface area (Å²) in [5.41, 5.74) is 4.69. The number of pyridine rings is 1. The molecule has 0 saturated heterocycles. The second kappa shape index (κ2) is 6.48. The highest BCUT2D eigenvalue weighted by Crippen LogP contribution is 2.21. The van der Waals surface area contributed by atoms with E-state index in [1.165, 1.54) is 10.9 Å². The van der Waals surface area contributed by atoms with Gasteiger partial charge < -0.3 is 9.97 Å². The van der Waals surface area contributed by atoms with Crippen molar-refractivity contribution in [2.24, 2.45) is 0 Å². The molecule has 0 atom stereocenters. The molecule has 4 heterocycles. The number of rotatable bonds is 3. The Balaban J connectivity index is 1.42. The molecule has 1 aliphatic heterocycles. The van der Waals surface area contributed by atoms with Gasteiger partial charge in [0.05, 0.1) is 5.69 Å². The minimum Gasteiger partial charge on any atom is -0.361 e. The van der Waals surface area contributed by atoms with Crippen LogP contribution in [0, 0.1) is 0 Å². The van der Waals surface area contributed by atoms with Crippen LogP contribution in [0.4, 0.5) is 0 Å². The van der Waals surface area contributed by atoms with Crippen molar-refractivity contribution in [2.45, 2.75) is 19.5 Å². The fraction of sp³-hybridized carbons (Fsp3) is 0.190. The number of nitrogens with one attached hydrogen (secondary N) is 2. The third-order valence-electron chi connectivity index (χ3n) is 5.09. The molecule has 4 aromatic rings. The van der Waals surface area contributed by atoms with Crippen LogP contribution < -0.4 is 5.56 Å². The normalized spacial score (nSPS) is 14.4. The molecule has 0 radical (unpaired) electrons. The van der Waals surface area contributed by atoms with Crippen LogP contribution in [0.15, 0.2) is 59.7 Å². The van der Waals surface area contributed by atoms with Gasteiger partial charge in [-0.05, 0) is 41.6 Å². The van der Waals surface area contributed by atoms with Gasteiger partial charge in [0.15, 0.2) is 5.82 Å². The van der Waals surface area contributed by atoms with Gasteiger partial charge in [0.1, 0.15) is 5.69 Å². The van der Waals surface area contributed by atoms with Gasteiger partial charge in [0, 0.05) is 43.1 Å². The zero-order valence-electron chi connectivity index (χ0n) is 14.8. The molecule has 0 saturated carbocycles. The third kappa shape index (κ3) is 3.04. The van der Waals surface area contributed by atoms with Crippen LogP contribution in [0.3, 0.4) is 0 Å². The molecule has 3 aromatic heterocycles. The number of hydrogen-bond acceptors (Lipinski definition) is 4. The third-order valence-corrected chi connectivity index (χ3v) is 5.09. The molecule has 0 bridgehead atoms. The summed E-state index contributed by atoms with van der Waals surface area (Å²) in [6.07, 6.45) is 4.38. The van der Waals surface area contributed by atoms with Gasteiger partial charge in [-0.2, -0.15) is 0 Å². The Morgan fingerprint density at radius 3 is 3.00 bits per heavy atom. The maximum absolute atomic E-state index is 12.5. The fourth-order valence-corrected chi connectivity index (χ4v) is 3.70. The lowest BCUT2D eigenvalue weighted by Gasteiger charge is -2.27. The summed E-state index contributed by atoms with van der Waals surface area (Å²) in [6, 6.07) is 14.2. The molecule has 0 amide bonds. The van der Waals surface area contributed by atoms with Gasteiger partial charge >= 0.3 is 0 Å². The van der Waals surface area contributed by atoms with E-state index in [2.05, 4.69) is 44.1 Å². The molecule has 0 unspecified atom stereocenters. The molecular formula is C21H19N5O. The molecule has 0 fully saturated rings. The predicted octanol–water partition coefficient (Wildman–Crippen LogP) is 2.87. The van der Waals surface area contributed by atoms with Gasteiger partial charge in [-0.15, -0.1) is 0 Å². The highest BCUT2D eigenvalue weighted by Gasteiger charge is 2.21. The van der Waals surface area contributed by atoms with E-state index in [1.807, 2.05) is 24.4 Å². The Labute approximate surface area is 155 Å². The Hall–Kier alpha value is -3.25. The van der Waals surface area contributed by atoms with Crippen molar-refractivity contribution in [1.29, 1.82) is 0 Å². The van der Waals surface area contributed by atoms with Crippen LogP contribution in [0.5, 0.6) is 0 Å². The van der Waals surface area contributed by atoms with E-state index in [0.29, 0.717) is 24.5 Å². The number of benzene rings is 1. The first-order chi connectivity index (χ1) is 13.3. The number of aromatic amines is 2. The average molecular weight is 357 g/mol. The van der Waals surface area contributed by atoms with Crippen molar-refractivity contribution >= 4 is 10.9 Å². The minimum absolute atomic E-state index is 0.0480. The number of aromatic nitrogens is 4. The van der Waals surface area contributed by atoms with Crippen molar-refractivity contribution in [3.05, 3.63) is 82.0 Å². The number of hydrogen-bond donors (Lipinski definition) is 2. The number of fused-ring (bicyclic) bond motifs is 2. The summed E-state index contributed by atoms with van der Waals surface area (Å²) in [5, 5.41) is 1.22. The average Bonchev–Trinajstić information content (AvgIpc) is 3.16. The first kappa shape index (κ1) is 16.0. The lowest BCUT2D eigenvalue weighted by atomic mass is 10.0. The van der Waals surface area contributed by atoms with Gasteiger partial charge in [0.25, 0.3) is 5.56 Å². The fourth-order valence-electron chi connectivity index (χ4n) is 3.70. The van der Waals surface area contributed by atoms with E-state index in [4.69, 9.17) is 4.98 Å². The SMILES string of the molecule is O=c1[nH]c(-c2ccccn2)nc2c1CCN(Cc1ccc3cc[nH]c3c1)C2. The Bertz CT molecular complexity index is 1160. The topological polar surface area (TPSA) is 77.7 Å². The van der Waals surface area contributed by atoms with E-state index >= 15 is 0 Å². The van der Waals surface area contributed by atoms with Crippen LogP contribution >= 0.6 is 0 Å². The summed E-state index contributed by atoms with van der Waals surface area (Å²) in [5.74, 6) is 0.536. The zero-order chi connectivity index (χ0) is 18.2. The Kier molecular flexibility index (Phi) is 3.83. The van der Waals surface area contributed by atoms with E-state index in [1.54, 1.807) is 6.20 Å². The standard InChI is InChI=1S/C21H19N5O/c27-21-16-7-10-26(12-14-4-5-15-6-9-23-18(15)11-14)13-19(16)24-20(25-21)17-3-1-2-8-22-17/h1-6,8-9,11,23H,7,10,12-13H2,(H,24,25,27). The van der Waals surface area contributed by atoms with Crippen molar-refractivity contribution < 1.29 is 0 Å². The first-order valence-electron chi connectivity index (χ1n) is 9.08. The summed E-state index contributed by atoms with van der Waals surface area (Å²) >= 11 is 0. The van der Waals surface area contributed by atoms with E-state index in [-0.39, 0.29) is 5.56 Å². The Morgan fingerprint density at radius 2 is 2.11 bits per heavy atom. The molecule has 6 nitrogen and oxygen atoms in total. The molecule has 5 rings (SSSR count). The first-order valence-corrected chi connectivity index (χ1v) is 9.08.